The van der Waals surface area contributed by atoms with Crippen LogP contribution < -0.4 is 5.73 Å². The monoisotopic (exact) mass is 435 g/mol. The van der Waals surface area contributed by atoms with Crippen LogP contribution in [0.2, 0.25) is 0 Å². The molecule has 154 valence electrons. The molecule has 2 N–H and O–H groups in total. The largest absolute Gasteiger partial charge is 0.330 e. The van der Waals surface area contributed by atoms with Gasteiger partial charge in [-0.1, -0.05) is 30.3 Å². The molecular weight excluding hydrogens is 414 g/mol. The van der Waals surface area contributed by atoms with E-state index in [-0.39, 0.29) is 40.3 Å². The third-order valence-corrected chi connectivity index (χ3v) is 7.46. The van der Waals surface area contributed by atoms with Gasteiger partial charge in [0.2, 0.25) is 10.0 Å². The number of halogens is 1. The average molecular weight is 436 g/mol. The van der Waals surface area contributed by atoms with E-state index in [0.29, 0.717) is 19.6 Å². The highest BCUT2D eigenvalue weighted by atomic mass is 35.5. The zero-order valence-corrected chi connectivity index (χ0v) is 17.4. The van der Waals surface area contributed by atoms with Crippen molar-refractivity contribution < 1.29 is 18.0 Å². The van der Waals surface area contributed by atoms with E-state index in [4.69, 9.17) is 5.73 Å². The third-order valence-electron chi connectivity index (χ3n) is 5.64. The lowest BCUT2D eigenvalue weighted by atomic mass is 9.89. The summed E-state index contributed by atoms with van der Waals surface area (Å²) in [6.07, 6.45) is 0. The van der Waals surface area contributed by atoms with Crippen molar-refractivity contribution in [3.63, 3.8) is 0 Å². The minimum absolute atomic E-state index is 0. The van der Waals surface area contributed by atoms with Gasteiger partial charge in [-0.2, -0.15) is 4.31 Å². The Balaban J connectivity index is 0.00000240. The first-order valence-electron chi connectivity index (χ1n) is 9.06. The number of sulfonamides is 1. The Morgan fingerprint density at radius 1 is 1.00 bits per heavy atom. The second kappa shape index (κ2) is 7.87. The molecule has 0 bridgehead atoms. The molecule has 4 rings (SSSR count). The van der Waals surface area contributed by atoms with E-state index in [1.165, 1.54) is 29.6 Å². The third kappa shape index (κ3) is 3.46. The molecule has 0 spiro atoms. The number of amides is 2. The maximum absolute atomic E-state index is 13.2. The Hall–Kier alpha value is -2.26. The summed E-state index contributed by atoms with van der Waals surface area (Å²) in [5, 5.41) is 0. The van der Waals surface area contributed by atoms with Crippen LogP contribution in [-0.4, -0.2) is 56.1 Å². The smallest absolute Gasteiger partial charge is 0.261 e. The fourth-order valence-electron chi connectivity index (χ4n) is 3.99. The van der Waals surface area contributed by atoms with Crippen LogP contribution >= 0.6 is 12.4 Å². The fourth-order valence-corrected chi connectivity index (χ4v) is 5.54. The number of fused-ring (bicyclic) bond motifs is 1. The zero-order chi connectivity index (χ0) is 20.1. The van der Waals surface area contributed by atoms with E-state index in [0.717, 1.165) is 10.5 Å². The molecule has 0 unspecified atom stereocenters. The fraction of sp³-hybridized carbons (Fsp3) is 0.300. The van der Waals surface area contributed by atoms with Gasteiger partial charge in [-0.25, -0.2) is 8.42 Å². The quantitative estimate of drug-likeness (QED) is 0.736. The standard InChI is InChI=1S/C20H21N3O4S.ClH/c1-22-19(24)16-8-7-15(9-17(16)20(22)25)28(26,27)23-11-14(10-21)18(12-23)13-5-3-2-4-6-13;/h2-9,14,18H,10-12,21H2,1H3;1H/t14-,18+;/m1./s1. The van der Waals surface area contributed by atoms with Crippen LogP contribution in [0.5, 0.6) is 0 Å². The van der Waals surface area contributed by atoms with Crippen LogP contribution in [0.25, 0.3) is 0 Å². The van der Waals surface area contributed by atoms with Crippen LogP contribution in [0.4, 0.5) is 0 Å². The van der Waals surface area contributed by atoms with E-state index >= 15 is 0 Å². The number of nitrogens with two attached hydrogens (primary N) is 1. The summed E-state index contributed by atoms with van der Waals surface area (Å²) in [6.45, 7) is 1.04. The lowest BCUT2D eigenvalue weighted by Crippen LogP contribution is -2.30. The van der Waals surface area contributed by atoms with Crippen LogP contribution in [-0.2, 0) is 10.0 Å². The summed E-state index contributed by atoms with van der Waals surface area (Å²) in [5.41, 5.74) is 7.34. The maximum atomic E-state index is 13.2. The number of benzene rings is 2. The SMILES string of the molecule is CN1C(=O)c2ccc(S(=O)(=O)N3C[C@@H](CN)[C@H](c4ccccc4)C3)cc2C1=O.Cl. The van der Waals surface area contributed by atoms with Gasteiger partial charge >= 0.3 is 0 Å². The van der Waals surface area contributed by atoms with Crippen molar-refractivity contribution in [1.29, 1.82) is 0 Å². The van der Waals surface area contributed by atoms with Crippen molar-refractivity contribution in [3.8, 4) is 0 Å². The number of rotatable bonds is 4. The molecule has 1 saturated heterocycles. The van der Waals surface area contributed by atoms with Crippen molar-refractivity contribution in [3.05, 3.63) is 65.2 Å². The number of carbonyl (C=O) groups excluding carboxylic acids is 2. The van der Waals surface area contributed by atoms with Gasteiger partial charge in [0.05, 0.1) is 16.0 Å². The van der Waals surface area contributed by atoms with Crippen molar-refractivity contribution in [2.75, 3.05) is 26.7 Å². The summed E-state index contributed by atoms with van der Waals surface area (Å²) in [5.74, 6) is -0.872. The number of imide groups is 1. The Morgan fingerprint density at radius 3 is 2.31 bits per heavy atom. The lowest BCUT2D eigenvalue weighted by Gasteiger charge is -2.17. The van der Waals surface area contributed by atoms with Gasteiger partial charge in [0.15, 0.2) is 0 Å². The second-order valence-corrected chi connectivity index (χ2v) is 9.15. The average Bonchev–Trinajstić information content (AvgIpc) is 3.25. The van der Waals surface area contributed by atoms with Crippen LogP contribution in [0.1, 0.15) is 32.2 Å². The molecular formula is C20H22ClN3O4S. The van der Waals surface area contributed by atoms with Gasteiger partial charge in [-0.3, -0.25) is 14.5 Å². The molecule has 2 aromatic carbocycles. The molecule has 0 saturated carbocycles. The summed E-state index contributed by atoms with van der Waals surface area (Å²) in [6, 6.07) is 13.9. The highest BCUT2D eigenvalue weighted by Crippen LogP contribution is 2.36. The number of hydrogen-bond donors (Lipinski definition) is 1. The van der Waals surface area contributed by atoms with E-state index < -0.39 is 21.8 Å². The summed E-state index contributed by atoms with van der Waals surface area (Å²) in [7, 11) is -2.42. The molecule has 0 radical (unpaired) electrons. The number of hydrogen-bond acceptors (Lipinski definition) is 5. The van der Waals surface area contributed by atoms with Gasteiger partial charge in [0.25, 0.3) is 11.8 Å². The summed E-state index contributed by atoms with van der Waals surface area (Å²) >= 11 is 0. The molecule has 29 heavy (non-hydrogen) atoms. The summed E-state index contributed by atoms with van der Waals surface area (Å²) in [4.78, 5) is 25.3. The van der Waals surface area contributed by atoms with E-state index in [2.05, 4.69) is 0 Å². The van der Waals surface area contributed by atoms with E-state index in [9.17, 15) is 18.0 Å². The molecule has 2 aromatic rings. The Labute approximate surface area is 175 Å². The highest BCUT2D eigenvalue weighted by Gasteiger charge is 2.40. The Morgan fingerprint density at radius 2 is 1.66 bits per heavy atom. The minimum atomic E-state index is -3.81. The molecule has 0 aliphatic carbocycles. The second-order valence-electron chi connectivity index (χ2n) is 7.21. The topological polar surface area (TPSA) is 101 Å². The van der Waals surface area contributed by atoms with Crippen LogP contribution in [0.15, 0.2) is 53.4 Å². The molecule has 7 nitrogen and oxygen atoms in total. The highest BCUT2D eigenvalue weighted by molar-refractivity contribution is 7.89. The normalized spacial score (nSPS) is 21.9. The van der Waals surface area contributed by atoms with Gasteiger partial charge in [-0.05, 0) is 36.2 Å². The molecule has 2 amide bonds. The predicted octanol–water partition coefficient (Wildman–Crippen LogP) is 1.70. The van der Waals surface area contributed by atoms with Gasteiger partial charge in [0.1, 0.15) is 0 Å². The molecule has 0 aromatic heterocycles. The molecule has 2 aliphatic heterocycles. The first-order valence-corrected chi connectivity index (χ1v) is 10.5. The van der Waals surface area contributed by atoms with Crippen LogP contribution in [0.3, 0.4) is 0 Å². The maximum Gasteiger partial charge on any atom is 0.261 e. The Kier molecular flexibility index (Phi) is 5.82. The minimum Gasteiger partial charge on any atom is -0.330 e. The van der Waals surface area contributed by atoms with Crippen molar-refractivity contribution in [1.82, 2.24) is 9.21 Å². The molecule has 2 atom stereocenters. The molecule has 2 aliphatic rings. The van der Waals surface area contributed by atoms with Crippen molar-refractivity contribution in [2.24, 2.45) is 11.7 Å². The van der Waals surface area contributed by atoms with Gasteiger partial charge < -0.3 is 5.73 Å². The summed E-state index contributed by atoms with van der Waals surface area (Å²) < 4.78 is 27.9. The molecule has 2 heterocycles. The number of nitrogens with zero attached hydrogens (tertiary/aromatic N) is 2. The first kappa shape index (κ1) is 21.4. The van der Waals surface area contributed by atoms with Crippen molar-refractivity contribution >= 4 is 34.2 Å². The van der Waals surface area contributed by atoms with Gasteiger partial charge in [-0.15, -0.1) is 12.4 Å². The molecule has 9 heteroatoms. The Bertz CT molecular complexity index is 1060. The number of carbonyl (C=O) groups is 2. The lowest BCUT2D eigenvalue weighted by molar-refractivity contribution is 0.0693. The van der Waals surface area contributed by atoms with E-state index in [1.54, 1.807) is 0 Å². The predicted molar refractivity (Wildman–Crippen MR) is 111 cm³/mol. The molecule has 1 fully saturated rings. The first-order chi connectivity index (χ1) is 13.3. The zero-order valence-electron chi connectivity index (χ0n) is 15.8. The van der Waals surface area contributed by atoms with Crippen molar-refractivity contribution in [2.45, 2.75) is 10.8 Å². The van der Waals surface area contributed by atoms with E-state index in [1.807, 2.05) is 30.3 Å². The van der Waals surface area contributed by atoms with Gasteiger partial charge in [0, 0.05) is 26.1 Å². The van der Waals surface area contributed by atoms with Crippen LogP contribution in [0, 0.1) is 5.92 Å².